The van der Waals surface area contributed by atoms with E-state index in [0.717, 1.165) is 16.5 Å². The topological polar surface area (TPSA) is 139 Å². The van der Waals surface area contributed by atoms with Crippen molar-refractivity contribution in [3.8, 4) is 0 Å². The number of fused-ring (bicyclic) bond motifs is 4. The summed E-state index contributed by atoms with van der Waals surface area (Å²) in [7, 11) is 0. The van der Waals surface area contributed by atoms with E-state index in [0.29, 0.717) is 25.1 Å². The van der Waals surface area contributed by atoms with Gasteiger partial charge in [0.1, 0.15) is 29.6 Å². The van der Waals surface area contributed by atoms with Crippen molar-refractivity contribution in [1.82, 2.24) is 26.1 Å². The Morgan fingerprint density at radius 2 is 1.80 bits per heavy atom. The van der Waals surface area contributed by atoms with Crippen LogP contribution in [0, 0.1) is 11.3 Å². The molecule has 0 saturated carbocycles. The number of carbonyl (C=O) groups excluding carboxylic acids is 4. The monoisotopic (exact) mass is 563 g/mol. The highest BCUT2D eigenvalue weighted by Gasteiger charge is 2.45. The Labute approximate surface area is 239 Å². The van der Waals surface area contributed by atoms with Gasteiger partial charge in [-0.1, -0.05) is 44.2 Å². The molecule has 0 unspecified atom stereocenters. The molecule has 0 radical (unpaired) electrons. The van der Waals surface area contributed by atoms with E-state index in [-0.39, 0.29) is 30.9 Å². The second-order valence-corrected chi connectivity index (χ2v) is 11.5. The SMILES string of the molecule is CC(C)[C@@H]1NC(=O)C2(/C=C/c3ccc4ccc(nc4c3)[C@@H](C)OC(=O)[C@@H]3CCCN(N3)C(=O)[C@H](C)NC1=O)COC2. The molecule has 0 aliphatic carbocycles. The Balaban J connectivity index is 1.50. The van der Waals surface area contributed by atoms with Crippen molar-refractivity contribution in [3.63, 3.8) is 0 Å². The maximum Gasteiger partial charge on any atom is 0.325 e. The first-order chi connectivity index (χ1) is 19.6. The predicted molar refractivity (Wildman–Crippen MR) is 151 cm³/mol. The maximum atomic E-state index is 13.5. The van der Waals surface area contributed by atoms with Gasteiger partial charge >= 0.3 is 5.97 Å². The first kappa shape index (κ1) is 28.7. The molecule has 2 fully saturated rings. The van der Waals surface area contributed by atoms with E-state index in [1.807, 2.05) is 56.3 Å². The van der Waals surface area contributed by atoms with Crippen LogP contribution in [-0.2, 0) is 28.7 Å². The molecule has 5 rings (SSSR count). The molecule has 1 spiro atoms. The lowest BCUT2D eigenvalue weighted by Gasteiger charge is -2.39. The number of esters is 1. The molecule has 3 aliphatic rings. The molecule has 41 heavy (non-hydrogen) atoms. The molecule has 4 heterocycles. The lowest BCUT2D eigenvalue weighted by molar-refractivity contribution is -0.157. The Kier molecular flexibility index (Phi) is 8.10. The number of cyclic esters (lactones) is 1. The van der Waals surface area contributed by atoms with Gasteiger partial charge in [0.2, 0.25) is 11.8 Å². The van der Waals surface area contributed by atoms with Gasteiger partial charge < -0.3 is 20.1 Å². The van der Waals surface area contributed by atoms with E-state index < -0.39 is 41.5 Å². The van der Waals surface area contributed by atoms with Crippen molar-refractivity contribution >= 4 is 40.7 Å². The van der Waals surface area contributed by atoms with Crippen LogP contribution in [0.3, 0.4) is 0 Å². The Morgan fingerprint density at radius 1 is 1.05 bits per heavy atom. The number of ether oxygens (including phenoxy) is 2. The minimum absolute atomic E-state index is 0.192. The zero-order valence-electron chi connectivity index (χ0n) is 23.8. The van der Waals surface area contributed by atoms with Crippen LogP contribution in [0.25, 0.3) is 17.0 Å². The van der Waals surface area contributed by atoms with Crippen molar-refractivity contribution in [2.75, 3.05) is 19.8 Å². The first-order valence-corrected chi connectivity index (χ1v) is 14.1. The second-order valence-electron chi connectivity index (χ2n) is 11.5. The van der Waals surface area contributed by atoms with E-state index in [1.54, 1.807) is 13.8 Å². The zero-order chi connectivity index (χ0) is 29.3. The molecule has 11 heteroatoms. The van der Waals surface area contributed by atoms with Gasteiger partial charge in [0.25, 0.3) is 5.91 Å². The molecule has 1 aromatic heterocycles. The molecule has 3 aliphatic heterocycles. The molecular weight excluding hydrogens is 526 g/mol. The number of hydrogen-bond acceptors (Lipinski definition) is 8. The number of pyridine rings is 1. The van der Waals surface area contributed by atoms with Crippen LogP contribution in [-0.4, -0.2) is 71.6 Å². The molecule has 11 nitrogen and oxygen atoms in total. The van der Waals surface area contributed by atoms with E-state index >= 15 is 0 Å². The summed E-state index contributed by atoms with van der Waals surface area (Å²) in [6.45, 7) is 7.77. The summed E-state index contributed by atoms with van der Waals surface area (Å²) < 4.78 is 11.2. The molecule has 3 N–H and O–H groups in total. The number of amides is 3. The van der Waals surface area contributed by atoms with Crippen LogP contribution in [0.15, 0.2) is 36.4 Å². The average molecular weight is 564 g/mol. The minimum Gasteiger partial charge on any atom is -0.455 e. The molecule has 218 valence electrons. The number of hydrogen-bond donors (Lipinski definition) is 3. The van der Waals surface area contributed by atoms with Gasteiger partial charge in [-0.3, -0.25) is 24.2 Å². The molecule has 2 saturated heterocycles. The minimum atomic E-state index is -0.923. The van der Waals surface area contributed by atoms with Gasteiger partial charge in [0, 0.05) is 11.9 Å². The third-order valence-electron chi connectivity index (χ3n) is 7.92. The summed E-state index contributed by atoms with van der Waals surface area (Å²) in [5, 5.41) is 7.92. The second kappa shape index (κ2) is 11.6. The number of nitrogens with zero attached hydrogens (tertiary/aromatic N) is 2. The fraction of sp³-hybridized carbons (Fsp3) is 0.500. The highest BCUT2D eigenvalue weighted by Crippen LogP contribution is 2.31. The smallest absolute Gasteiger partial charge is 0.325 e. The van der Waals surface area contributed by atoms with Crippen LogP contribution >= 0.6 is 0 Å². The summed E-state index contributed by atoms with van der Waals surface area (Å²) in [5.41, 5.74) is 4.21. The molecule has 3 amide bonds. The van der Waals surface area contributed by atoms with Crippen LogP contribution in [0.1, 0.15) is 57.9 Å². The van der Waals surface area contributed by atoms with Gasteiger partial charge in [-0.2, -0.15) is 0 Å². The largest absolute Gasteiger partial charge is 0.455 e. The van der Waals surface area contributed by atoms with Crippen molar-refractivity contribution in [3.05, 3.63) is 47.7 Å². The van der Waals surface area contributed by atoms with Crippen molar-refractivity contribution < 1.29 is 28.7 Å². The summed E-state index contributed by atoms with van der Waals surface area (Å²) in [5.74, 6) is -1.88. The van der Waals surface area contributed by atoms with Crippen LogP contribution in [0.4, 0.5) is 0 Å². The fourth-order valence-corrected chi connectivity index (χ4v) is 5.21. The molecule has 4 atom stereocenters. The van der Waals surface area contributed by atoms with Crippen molar-refractivity contribution in [2.45, 2.75) is 64.8 Å². The highest BCUT2D eigenvalue weighted by atomic mass is 16.5. The normalized spacial score (nSPS) is 28.2. The van der Waals surface area contributed by atoms with Gasteiger partial charge in [0.05, 0.1) is 24.4 Å². The lowest BCUT2D eigenvalue weighted by atomic mass is 9.83. The quantitative estimate of drug-likeness (QED) is 0.448. The summed E-state index contributed by atoms with van der Waals surface area (Å²) >= 11 is 0. The molecule has 1 aromatic carbocycles. The van der Waals surface area contributed by atoms with Crippen LogP contribution in [0.5, 0.6) is 0 Å². The highest BCUT2D eigenvalue weighted by molar-refractivity contribution is 5.94. The lowest BCUT2D eigenvalue weighted by Crippen LogP contribution is -2.62. The van der Waals surface area contributed by atoms with Crippen LogP contribution in [0.2, 0.25) is 0 Å². The molecule has 5 bridgehead atoms. The molecule has 2 aromatic rings. The van der Waals surface area contributed by atoms with E-state index in [4.69, 9.17) is 14.5 Å². The summed E-state index contributed by atoms with van der Waals surface area (Å²) in [6.07, 6.45) is 4.15. The average Bonchev–Trinajstić information content (AvgIpc) is 2.93. The van der Waals surface area contributed by atoms with Gasteiger partial charge in [-0.25, -0.2) is 10.4 Å². The van der Waals surface area contributed by atoms with Gasteiger partial charge in [-0.15, -0.1) is 0 Å². The number of benzene rings is 1. The van der Waals surface area contributed by atoms with E-state index in [9.17, 15) is 19.2 Å². The fourth-order valence-electron chi connectivity index (χ4n) is 5.21. The number of aromatic nitrogens is 1. The van der Waals surface area contributed by atoms with Crippen molar-refractivity contribution in [2.24, 2.45) is 11.3 Å². The zero-order valence-corrected chi connectivity index (χ0v) is 23.8. The third-order valence-corrected chi connectivity index (χ3v) is 7.92. The Bertz CT molecular complexity index is 1390. The number of rotatable bonds is 1. The van der Waals surface area contributed by atoms with Crippen LogP contribution < -0.4 is 16.1 Å². The van der Waals surface area contributed by atoms with E-state index in [2.05, 4.69) is 16.1 Å². The first-order valence-electron chi connectivity index (χ1n) is 14.1. The number of carbonyl (C=O) groups is 4. The third kappa shape index (κ3) is 5.96. The maximum absolute atomic E-state index is 13.5. The standard InChI is InChI=1S/C30H37N5O6/c1-17(2)25-26(36)31-18(3)27(37)35-13-5-6-23(34-35)28(38)41-19(4)22-10-9-21-8-7-20(14-24(21)32-22)11-12-30(15-40-16-30)29(39)33-25/h7-12,14,17-19,23,25,34H,5-6,13,15-16H2,1-4H3,(H,31,36)(H,33,39)/b12-11+/t18-,19+,23-,25-/m0/s1. The number of hydrazine groups is 1. The number of nitrogens with one attached hydrogen (secondary N) is 3. The predicted octanol–water partition coefficient (Wildman–Crippen LogP) is 2.02. The molecular formula is C30H37N5O6. The van der Waals surface area contributed by atoms with Gasteiger partial charge in [0.15, 0.2) is 0 Å². The van der Waals surface area contributed by atoms with E-state index in [1.165, 1.54) is 5.01 Å². The Morgan fingerprint density at radius 3 is 2.51 bits per heavy atom. The summed E-state index contributed by atoms with van der Waals surface area (Å²) in [4.78, 5) is 57.8. The Hall–Kier alpha value is -3.83. The van der Waals surface area contributed by atoms with Crippen molar-refractivity contribution in [1.29, 1.82) is 0 Å². The van der Waals surface area contributed by atoms with Gasteiger partial charge in [-0.05, 0) is 50.3 Å². The summed E-state index contributed by atoms with van der Waals surface area (Å²) in [6, 6.07) is 7.08.